The van der Waals surface area contributed by atoms with E-state index in [-0.39, 0.29) is 30.1 Å². The second-order valence-electron chi connectivity index (χ2n) is 10.0. The number of carbonyl (C=O) groups is 2. The average Bonchev–Trinajstić information content (AvgIpc) is 3.53. The third-order valence-corrected chi connectivity index (χ3v) is 7.49. The highest BCUT2D eigenvalue weighted by atomic mass is 16.5. The van der Waals surface area contributed by atoms with Crippen molar-refractivity contribution in [2.45, 2.75) is 89.4 Å². The molecule has 0 aliphatic carbocycles. The van der Waals surface area contributed by atoms with Crippen LogP contribution in [0.2, 0.25) is 0 Å². The molecule has 2 amide bonds. The molecule has 2 fully saturated rings. The van der Waals surface area contributed by atoms with E-state index >= 15 is 0 Å². The van der Waals surface area contributed by atoms with Crippen molar-refractivity contribution >= 4 is 11.8 Å². The van der Waals surface area contributed by atoms with E-state index in [0.29, 0.717) is 44.0 Å². The molecule has 0 bridgehead atoms. The summed E-state index contributed by atoms with van der Waals surface area (Å²) in [5, 5.41) is 0. The van der Waals surface area contributed by atoms with E-state index in [1.165, 1.54) is 12.8 Å². The van der Waals surface area contributed by atoms with Crippen molar-refractivity contribution < 1.29 is 23.8 Å². The summed E-state index contributed by atoms with van der Waals surface area (Å²) >= 11 is 0. The number of amides is 2. The highest BCUT2D eigenvalue weighted by Gasteiger charge is 2.38. The molecule has 3 heterocycles. The number of carbonyl (C=O) groups excluding carboxylic acids is 2. The lowest BCUT2D eigenvalue weighted by Gasteiger charge is -2.25. The van der Waals surface area contributed by atoms with Gasteiger partial charge in [0, 0.05) is 32.7 Å². The Morgan fingerprint density at radius 2 is 1.69 bits per heavy atom. The van der Waals surface area contributed by atoms with Gasteiger partial charge >= 0.3 is 0 Å². The third-order valence-electron chi connectivity index (χ3n) is 7.49. The lowest BCUT2D eigenvalue weighted by atomic mass is 10.1. The summed E-state index contributed by atoms with van der Waals surface area (Å²) in [7, 11) is 0. The number of hydrogen-bond donors (Lipinski definition) is 0. The summed E-state index contributed by atoms with van der Waals surface area (Å²) in [4.78, 5) is 30.2. The van der Waals surface area contributed by atoms with E-state index in [2.05, 4.69) is 0 Å². The SMILES string of the molecule is CCN1CCCCCCCCO[C@@H]2CN(C(=O)CCC3CCCO3)C[C@H]2Oc2ccccc2C1=O. The number of para-hydroxylation sites is 1. The molecular weight excluding hydrogens is 444 g/mol. The highest BCUT2D eigenvalue weighted by Crippen LogP contribution is 2.27. The summed E-state index contributed by atoms with van der Waals surface area (Å²) in [5.74, 6) is 0.720. The van der Waals surface area contributed by atoms with Crippen molar-refractivity contribution in [3.63, 3.8) is 0 Å². The maximum Gasteiger partial charge on any atom is 0.257 e. The molecule has 4 rings (SSSR count). The minimum Gasteiger partial charge on any atom is -0.485 e. The first-order valence-electron chi connectivity index (χ1n) is 13.7. The first-order chi connectivity index (χ1) is 17.2. The van der Waals surface area contributed by atoms with Gasteiger partial charge in [-0.15, -0.1) is 0 Å². The van der Waals surface area contributed by atoms with Gasteiger partial charge in [-0.1, -0.05) is 37.8 Å². The Hall–Kier alpha value is -2.12. The fourth-order valence-electron chi connectivity index (χ4n) is 5.36. The van der Waals surface area contributed by atoms with Crippen LogP contribution in [0.25, 0.3) is 0 Å². The largest absolute Gasteiger partial charge is 0.485 e. The van der Waals surface area contributed by atoms with E-state index in [9.17, 15) is 9.59 Å². The number of likely N-dealkylation sites (tertiary alicyclic amines) is 1. The minimum atomic E-state index is -0.293. The summed E-state index contributed by atoms with van der Waals surface area (Å²) < 4.78 is 18.4. The standard InChI is InChI=1S/C28H42N2O5/c1-2-29-17-9-5-3-4-6-10-18-34-25-20-30(27(31)16-15-22-12-11-19-33-22)21-26(25)35-24-14-8-7-13-23(24)28(29)32/h7-8,13-14,22,25-26H,2-6,9-12,15-21H2,1H3/t22?,25-,26-/m1/s1. The summed E-state index contributed by atoms with van der Waals surface area (Å²) in [6.07, 6.45) is 9.81. The van der Waals surface area contributed by atoms with Gasteiger partial charge in [0.25, 0.3) is 5.91 Å². The first-order valence-corrected chi connectivity index (χ1v) is 13.7. The monoisotopic (exact) mass is 486 g/mol. The predicted molar refractivity (Wildman–Crippen MR) is 135 cm³/mol. The topological polar surface area (TPSA) is 68.3 Å². The summed E-state index contributed by atoms with van der Waals surface area (Å²) in [6, 6.07) is 7.49. The molecule has 7 nitrogen and oxygen atoms in total. The second kappa shape index (κ2) is 13.3. The Labute approximate surface area is 210 Å². The molecule has 0 saturated carbocycles. The lowest BCUT2D eigenvalue weighted by Crippen LogP contribution is -2.35. The van der Waals surface area contributed by atoms with E-state index in [4.69, 9.17) is 14.2 Å². The Bertz CT molecular complexity index is 825. The molecule has 3 atom stereocenters. The van der Waals surface area contributed by atoms with Gasteiger partial charge in [0.15, 0.2) is 0 Å². The molecule has 0 spiro atoms. The minimum absolute atomic E-state index is 0.00940. The zero-order valence-electron chi connectivity index (χ0n) is 21.3. The normalized spacial score (nSPS) is 26.8. The molecule has 1 aromatic rings. The molecule has 7 heteroatoms. The van der Waals surface area contributed by atoms with E-state index < -0.39 is 0 Å². The van der Waals surface area contributed by atoms with Gasteiger partial charge in [0.2, 0.25) is 5.91 Å². The Morgan fingerprint density at radius 3 is 2.49 bits per heavy atom. The fraction of sp³-hybridized carbons (Fsp3) is 0.714. The van der Waals surface area contributed by atoms with Crippen molar-refractivity contribution in [1.82, 2.24) is 9.80 Å². The number of rotatable bonds is 4. The second-order valence-corrected chi connectivity index (χ2v) is 10.0. The van der Waals surface area contributed by atoms with E-state index in [0.717, 1.165) is 58.1 Å². The molecule has 0 N–H and O–H groups in total. The number of fused-ring (bicyclic) bond motifs is 2. The van der Waals surface area contributed by atoms with Crippen molar-refractivity contribution in [1.29, 1.82) is 0 Å². The van der Waals surface area contributed by atoms with Gasteiger partial charge in [-0.2, -0.15) is 0 Å². The van der Waals surface area contributed by atoms with Gasteiger partial charge in [0.05, 0.1) is 24.8 Å². The molecule has 2 saturated heterocycles. The van der Waals surface area contributed by atoms with Gasteiger partial charge < -0.3 is 24.0 Å². The zero-order chi connectivity index (χ0) is 24.5. The van der Waals surface area contributed by atoms with Gasteiger partial charge in [-0.3, -0.25) is 9.59 Å². The fourth-order valence-corrected chi connectivity index (χ4v) is 5.36. The van der Waals surface area contributed by atoms with E-state index in [1.54, 1.807) is 0 Å². The number of nitrogens with zero attached hydrogens (tertiary/aromatic N) is 2. The lowest BCUT2D eigenvalue weighted by molar-refractivity contribution is -0.131. The Balaban J connectivity index is 1.47. The van der Waals surface area contributed by atoms with Crippen LogP contribution in [-0.4, -0.2) is 79.3 Å². The first kappa shape index (κ1) is 26.0. The molecule has 35 heavy (non-hydrogen) atoms. The van der Waals surface area contributed by atoms with Gasteiger partial charge in [-0.05, 0) is 51.2 Å². The molecule has 1 unspecified atom stereocenters. The van der Waals surface area contributed by atoms with Crippen molar-refractivity contribution in [3.8, 4) is 5.75 Å². The molecule has 1 aromatic carbocycles. The number of ether oxygens (including phenoxy) is 3. The molecule has 194 valence electrons. The number of benzene rings is 1. The Morgan fingerprint density at radius 1 is 0.943 bits per heavy atom. The van der Waals surface area contributed by atoms with Gasteiger partial charge in [-0.25, -0.2) is 0 Å². The third kappa shape index (κ3) is 7.20. The van der Waals surface area contributed by atoms with Crippen LogP contribution in [0.3, 0.4) is 0 Å². The molecule has 0 aromatic heterocycles. The van der Waals surface area contributed by atoms with Crippen LogP contribution in [0.5, 0.6) is 5.75 Å². The summed E-state index contributed by atoms with van der Waals surface area (Å²) in [6.45, 7) is 5.97. The van der Waals surface area contributed by atoms with Crippen molar-refractivity contribution in [3.05, 3.63) is 29.8 Å². The molecule has 3 aliphatic rings. The number of hydrogen-bond acceptors (Lipinski definition) is 5. The van der Waals surface area contributed by atoms with Crippen molar-refractivity contribution in [2.75, 3.05) is 39.4 Å². The smallest absolute Gasteiger partial charge is 0.257 e. The van der Waals surface area contributed by atoms with Gasteiger partial charge in [0.1, 0.15) is 18.0 Å². The molecule has 0 radical (unpaired) electrons. The van der Waals surface area contributed by atoms with Crippen LogP contribution in [0.4, 0.5) is 0 Å². The van der Waals surface area contributed by atoms with Crippen LogP contribution < -0.4 is 4.74 Å². The average molecular weight is 487 g/mol. The van der Waals surface area contributed by atoms with Crippen molar-refractivity contribution in [2.24, 2.45) is 0 Å². The maximum absolute atomic E-state index is 13.4. The zero-order valence-corrected chi connectivity index (χ0v) is 21.3. The predicted octanol–water partition coefficient (Wildman–Crippen LogP) is 4.44. The Kier molecular flexibility index (Phi) is 9.83. The quantitative estimate of drug-likeness (QED) is 0.630. The molecular formula is C28H42N2O5. The van der Waals surface area contributed by atoms with Crippen LogP contribution in [-0.2, 0) is 14.3 Å². The van der Waals surface area contributed by atoms with E-state index in [1.807, 2.05) is 41.0 Å². The summed E-state index contributed by atoms with van der Waals surface area (Å²) in [5.41, 5.74) is 0.586. The maximum atomic E-state index is 13.4. The van der Waals surface area contributed by atoms with Crippen LogP contribution in [0.15, 0.2) is 24.3 Å². The van der Waals surface area contributed by atoms with Crippen LogP contribution in [0, 0.1) is 0 Å². The molecule has 3 aliphatic heterocycles. The highest BCUT2D eigenvalue weighted by molar-refractivity contribution is 5.97. The van der Waals surface area contributed by atoms with Crippen LogP contribution >= 0.6 is 0 Å². The van der Waals surface area contributed by atoms with Crippen LogP contribution in [0.1, 0.15) is 81.5 Å².